The quantitative estimate of drug-likeness (QED) is 0.545. The van der Waals surface area contributed by atoms with Crippen molar-refractivity contribution < 1.29 is 0 Å². The highest BCUT2D eigenvalue weighted by molar-refractivity contribution is 5.77. The van der Waals surface area contributed by atoms with Crippen molar-refractivity contribution in [2.24, 2.45) is 7.05 Å². The Labute approximate surface area is 85.4 Å². The first-order valence-electron chi connectivity index (χ1n) is 4.70. The second kappa shape index (κ2) is 2.70. The molecule has 0 spiro atoms. The molecule has 2 aromatic heterocycles. The van der Waals surface area contributed by atoms with Gasteiger partial charge in [-0.3, -0.25) is 9.20 Å². The average Bonchev–Trinajstić information content (AvgIpc) is 2.75. The summed E-state index contributed by atoms with van der Waals surface area (Å²) in [7, 11) is 1.76. The first kappa shape index (κ1) is 8.23. The van der Waals surface area contributed by atoms with Gasteiger partial charge in [-0.2, -0.15) is 0 Å². The Bertz CT molecular complexity index is 708. The topological polar surface area (TPSA) is 39.3 Å². The summed E-state index contributed by atoms with van der Waals surface area (Å²) in [6.07, 6.45) is 3.45. The smallest absolute Gasteiger partial charge is 0.294 e. The fourth-order valence-electron chi connectivity index (χ4n) is 1.87. The molecule has 0 amide bonds. The predicted molar refractivity (Wildman–Crippen MR) is 57.9 cm³/mol. The van der Waals surface area contributed by atoms with Crippen LogP contribution < -0.4 is 5.56 Å². The van der Waals surface area contributed by atoms with Gasteiger partial charge in [0.15, 0.2) is 0 Å². The zero-order valence-electron chi connectivity index (χ0n) is 8.21. The number of rotatable bonds is 0. The lowest BCUT2D eigenvalue weighted by Crippen LogP contribution is -2.19. The van der Waals surface area contributed by atoms with Crippen LogP contribution in [0.15, 0.2) is 41.5 Å². The number of aromatic nitrogens is 3. The molecule has 0 bridgehead atoms. The van der Waals surface area contributed by atoms with Crippen LogP contribution in [-0.2, 0) is 7.05 Å². The van der Waals surface area contributed by atoms with Gasteiger partial charge in [0.1, 0.15) is 0 Å². The third-order valence-corrected chi connectivity index (χ3v) is 2.64. The number of hydrogen-bond acceptors (Lipinski definition) is 2. The monoisotopic (exact) mass is 199 g/mol. The second-order valence-electron chi connectivity index (χ2n) is 3.47. The molecule has 0 radical (unpaired) electrons. The standard InChI is InChI=1S/C11H9N3O/c1-13-8-4-2-3-5-9(8)14-7-6-12-10(14)11(13)15/h2-7H,1H3. The van der Waals surface area contributed by atoms with Gasteiger partial charge in [0.2, 0.25) is 5.65 Å². The van der Waals surface area contributed by atoms with Crippen molar-refractivity contribution >= 4 is 16.7 Å². The highest BCUT2D eigenvalue weighted by Crippen LogP contribution is 2.12. The maximum absolute atomic E-state index is 11.9. The minimum atomic E-state index is -0.0706. The summed E-state index contributed by atoms with van der Waals surface area (Å²) in [5.74, 6) is 0. The third kappa shape index (κ3) is 0.958. The molecule has 2 heterocycles. The normalized spacial score (nSPS) is 11.3. The van der Waals surface area contributed by atoms with Gasteiger partial charge >= 0.3 is 0 Å². The van der Waals surface area contributed by atoms with Crippen LogP contribution in [-0.4, -0.2) is 14.0 Å². The molecule has 3 rings (SSSR count). The zero-order valence-corrected chi connectivity index (χ0v) is 8.21. The summed E-state index contributed by atoms with van der Waals surface area (Å²) in [6, 6.07) is 7.77. The molecule has 74 valence electrons. The van der Waals surface area contributed by atoms with E-state index in [1.807, 2.05) is 28.7 Å². The lowest BCUT2D eigenvalue weighted by molar-refractivity contribution is 0.895. The molecule has 0 aliphatic carbocycles. The highest BCUT2D eigenvalue weighted by Gasteiger charge is 2.07. The molecule has 0 aliphatic heterocycles. The van der Waals surface area contributed by atoms with Crippen molar-refractivity contribution in [2.45, 2.75) is 0 Å². The maximum Gasteiger partial charge on any atom is 0.294 e. The van der Waals surface area contributed by atoms with Crippen LogP contribution in [0.1, 0.15) is 0 Å². The van der Waals surface area contributed by atoms with Gasteiger partial charge in [0, 0.05) is 19.4 Å². The van der Waals surface area contributed by atoms with Crippen molar-refractivity contribution in [3.8, 4) is 0 Å². The Kier molecular flexibility index (Phi) is 1.48. The summed E-state index contributed by atoms with van der Waals surface area (Å²) in [5, 5.41) is 0. The zero-order chi connectivity index (χ0) is 10.4. The largest absolute Gasteiger partial charge is 0.307 e. The minimum absolute atomic E-state index is 0.0706. The molecule has 0 saturated heterocycles. The molecular formula is C11H9N3O. The Balaban J connectivity index is 2.77. The Hall–Kier alpha value is -2.10. The maximum atomic E-state index is 11.9. The van der Waals surface area contributed by atoms with Crippen molar-refractivity contribution in [1.29, 1.82) is 0 Å². The molecular weight excluding hydrogens is 190 g/mol. The van der Waals surface area contributed by atoms with E-state index in [0.717, 1.165) is 11.0 Å². The van der Waals surface area contributed by atoms with Gasteiger partial charge in [-0.15, -0.1) is 0 Å². The van der Waals surface area contributed by atoms with Gasteiger partial charge in [-0.25, -0.2) is 4.98 Å². The molecule has 1 aromatic carbocycles. The Morgan fingerprint density at radius 2 is 1.93 bits per heavy atom. The molecule has 0 atom stereocenters. The van der Waals surface area contributed by atoms with Crippen LogP contribution in [0.5, 0.6) is 0 Å². The Morgan fingerprint density at radius 3 is 2.73 bits per heavy atom. The summed E-state index contributed by atoms with van der Waals surface area (Å²) in [4.78, 5) is 15.9. The third-order valence-electron chi connectivity index (χ3n) is 2.64. The van der Waals surface area contributed by atoms with Crippen LogP contribution in [0.25, 0.3) is 16.7 Å². The number of hydrogen-bond donors (Lipinski definition) is 0. The lowest BCUT2D eigenvalue weighted by atomic mass is 10.3. The van der Waals surface area contributed by atoms with Crippen LogP contribution in [0.4, 0.5) is 0 Å². The summed E-state index contributed by atoms with van der Waals surface area (Å²) < 4.78 is 3.44. The van der Waals surface area contributed by atoms with Crippen LogP contribution in [0.2, 0.25) is 0 Å². The van der Waals surface area contributed by atoms with E-state index in [2.05, 4.69) is 4.98 Å². The molecule has 0 aliphatic rings. The lowest BCUT2D eigenvalue weighted by Gasteiger charge is -2.06. The second-order valence-corrected chi connectivity index (χ2v) is 3.47. The van der Waals surface area contributed by atoms with E-state index < -0.39 is 0 Å². The highest BCUT2D eigenvalue weighted by atomic mass is 16.1. The van der Waals surface area contributed by atoms with E-state index in [0.29, 0.717) is 5.65 Å². The Morgan fingerprint density at radius 1 is 1.20 bits per heavy atom. The summed E-state index contributed by atoms with van der Waals surface area (Å²) in [5.41, 5.74) is 2.30. The van der Waals surface area contributed by atoms with Gasteiger partial charge in [-0.05, 0) is 12.1 Å². The average molecular weight is 199 g/mol. The van der Waals surface area contributed by atoms with Gasteiger partial charge in [0.25, 0.3) is 5.56 Å². The predicted octanol–water partition coefficient (Wildman–Crippen LogP) is 1.19. The fourth-order valence-corrected chi connectivity index (χ4v) is 1.87. The minimum Gasteiger partial charge on any atom is -0.307 e. The van der Waals surface area contributed by atoms with Crippen LogP contribution in [0, 0.1) is 0 Å². The molecule has 0 saturated carbocycles. The molecule has 0 fully saturated rings. The van der Waals surface area contributed by atoms with E-state index in [1.165, 1.54) is 0 Å². The summed E-state index contributed by atoms with van der Waals surface area (Å²) >= 11 is 0. The van der Waals surface area contributed by atoms with Crippen molar-refractivity contribution in [2.75, 3.05) is 0 Å². The fraction of sp³-hybridized carbons (Fsp3) is 0.0909. The summed E-state index contributed by atoms with van der Waals surface area (Å²) in [6.45, 7) is 0. The first-order chi connectivity index (χ1) is 7.29. The number of aryl methyl sites for hydroxylation is 1. The molecule has 3 aromatic rings. The van der Waals surface area contributed by atoms with E-state index >= 15 is 0 Å². The van der Waals surface area contributed by atoms with Crippen LogP contribution >= 0.6 is 0 Å². The van der Waals surface area contributed by atoms with E-state index in [-0.39, 0.29) is 5.56 Å². The van der Waals surface area contributed by atoms with E-state index in [4.69, 9.17) is 0 Å². The molecule has 4 nitrogen and oxygen atoms in total. The van der Waals surface area contributed by atoms with Crippen LogP contribution in [0.3, 0.4) is 0 Å². The van der Waals surface area contributed by atoms with Crippen molar-refractivity contribution in [3.63, 3.8) is 0 Å². The number of nitrogens with zero attached hydrogens (tertiary/aromatic N) is 3. The van der Waals surface area contributed by atoms with Crippen molar-refractivity contribution in [1.82, 2.24) is 14.0 Å². The van der Waals surface area contributed by atoms with Gasteiger partial charge in [0.05, 0.1) is 11.0 Å². The molecule has 4 heteroatoms. The number of fused-ring (bicyclic) bond motifs is 3. The number of benzene rings is 1. The van der Waals surface area contributed by atoms with Crippen molar-refractivity contribution in [3.05, 3.63) is 47.0 Å². The first-order valence-corrected chi connectivity index (χ1v) is 4.70. The number of imidazole rings is 1. The molecule has 0 unspecified atom stereocenters. The van der Waals surface area contributed by atoms with Gasteiger partial charge in [-0.1, -0.05) is 12.1 Å². The van der Waals surface area contributed by atoms with E-state index in [9.17, 15) is 4.79 Å². The molecule has 0 N–H and O–H groups in total. The number of para-hydroxylation sites is 2. The van der Waals surface area contributed by atoms with Gasteiger partial charge < -0.3 is 4.57 Å². The SMILES string of the molecule is Cn1c(=O)c2nccn2c2ccccc21. The molecule has 15 heavy (non-hydrogen) atoms. The van der Waals surface area contributed by atoms with E-state index in [1.54, 1.807) is 24.0 Å².